The van der Waals surface area contributed by atoms with Gasteiger partial charge in [-0.05, 0) is 6.07 Å². The Hall–Kier alpha value is -3.19. The van der Waals surface area contributed by atoms with Gasteiger partial charge in [0.2, 0.25) is 0 Å². The standard InChI is InChI=1S/C19H20N4O3/c1-25-11-10-23-18(12-16(22-23)14-6-4-3-5-7-14)21-17-13-20-9-8-15(17)19(24)26-2/h3-9,12-13,21H,10-11H2,1-2H3. The van der Waals surface area contributed by atoms with E-state index in [1.54, 1.807) is 30.3 Å². The number of carbonyl (C=O) groups is 1. The monoisotopic (exact) mass is 352 g/mol. The summed E-state index contributed by atoms with van der Waals surface area (Å²) < 4.78 is 11.8. The first-order chi connectivity index (χ1) is 12.7. The van der Waals surface area contributed by atoms with Crippen LogP contribution in [-0.4, -0.2) is 41.6 Å². The lowest BCUT2D eigenvalue weighted by Gasteiger charge is -2.11. The number of benzene rings is 1. The first-order valence-corrected chi connectivity index (χ1v) is 8.14. The molecule has 3 aromatic rings. The zero-order chi connectivity index (χ0) is 18.4. The molecule has 0 spiro atoms. The maximum Gasteiger partial charge on any atom is 0.340 e. The number of aromatic nitrogens is 3. The van der Waals surface area contributed by atoms with E-state index < -0.39 is 5.97 Å². The zero-order valence-corrected chi connectivity index (χ0v) is 14.7. The first kappa shape index (κ1) is 17.6. The highest BCUT2D eigenvalue weighted by Crippen LogP contribution is 2.26. The number of pyridine rings is 1. The number of rotatable bonds is 7. The van der Waals surface area contributed by atoms with Crippen molar-refractivity contribution in [1.29, 1.82) is 0 Å². The van der Waals surface area contributed by atoms with Crippen molar-refractivity contribution < 1.29 is 14.3 Å². The van der Waals surface area contributed by atoms with Crippen LogP contribution >= 0.6 is 0 Å². The minimum absolute atomic E-state index is 0.406. The molecule has 1 aromatic carbocycles. The summed E-state index contributed by atoms with van der Waals surface area (Å²) in [6.07, 6.45) is 3.14. The van der Waals surface area contributed by atoms with E-state index in [0.717, 1.165) is 17.1 Å². The number of methoxy groups -OCH3 is 2. The Balaban J connectivity index is 1.96. The van der Waals surface area contributed by atoms with E-state index in [-0.39, 0.29) is 0 Å². The number of hydrogen-bond acceptors (Lipinski definition) is 6. The predicted molar refractivity (Wildman–Crippen MR) is 98.4 cm³/mol. The lowest BCUT2D eigenvalue weighted by molar-refractivity contribution is 0.0601. The van der Waals surface area contributed by atoms with Crippen molar-refractivity contribution in [1.82, 2.24) is 14.8 Å². The number of nitrogens with one attached hydrogen (secondary N) is 1. The maximum absolute atomic E-state index is 12.0. The molecule has 0 saturated carbocycles. The molecule has 2 aromatic heterocycles. The van der Waals surface area contributed by atoms with Gasteiger partial charge in [-0.2, -0.15) is 5.10 Å². The molecule has 7 heteroatoms. The van der Waals surface area contributed by atoms with Crippen molar-refractivity contribution in [2.24, 2.45) is 0 Å². The van der Waals surface area contributed by atoms with E-state index in [4.69, 9.17) is 9.47 Å². The average molecular weight is 352 g/mol. The fourth-order valence-electron chi connectivity index (χ4n) is 2.54. The molecule has 0 amide bonds. The van der Waals surface area contributed by atoms with Crippen molar-refractivity contribution in [3.8, 4) is 11.3 Å². The molecule has 0 radical (unpaired) electrons. The molecule has 0 saturated heterocycles. The second-order valence-corrected chi connectivity index (χ2v) is 5.53. The van der Waals surface area contributed by atoms with Crippen LogP contribution in [0, 0.1) is 0 Å². The summed E-state index contributed by atoms with van der Waals surface area (Å²) in [5, 5.41) is 7.88. The van der Waals surface area contributed by atoms with Crippen LogP contribution in [0.1, 0.15) is 10.4 Å². The molecule has 0 aliphatic carbocycles. The molecule has 0 bridgehead atoms. The van der Waals surface area contributed by atoms with Gasteiger partial charge in [0.15, 0.2) is 0 Å². The third-order valence-corrected chi connectivity index (χ3v) is 3.85. The van der Waals surface area contributed by atoms with Crippen LogP contribution in [0.4, 0.5) is 11.5 Å². The molecule has 134 valence electrons. The zero-order valence-electron chi connectivity index (χ0n) is 14.7. The molecule has 7 nitrogen and oxygen atoms in total. The molecule has 0 fully saturated rings. The van der Waals surface area contributed by atoms with E-state index >= 15 is 0 Å². The summed E-state index contributed by atoms with van der Waals surface area (Å²) in [6.45, 7) is 1.08. The van der Waals surface area contributed by atoms with Gasteiger partial charge >= 0.3 is 5.97 Å². The number of ether oxygens (including phenoxy) is 2. The molecule has 0 unspecified atom stereocenters. The number of esters is 1. The highest BCUT2D eigenvalue weighted by Gasteiger charge is 2.15. The van der Waals surface area contributed by atoms with Gasteiger partial charge < -0.3 is 14.8 Å². The average Bonchev–Trinajstić information content (AvgIpc) is 3.09. The molecule has 0 atom stereocenters. The van der Waals surface area contributed by atoms with Gasteiger partial charge in [-0.15, -0.1) is 0 Å². The normalized spacial score (nSPS) is 10.5. The summed E-state index contributed by atoms with van der Waals surface area (Å²) in [6, 6.07) is 13.4. The van der Waals surface area contributed by atoms with Gasteiger partial charge in [0.25, 0.3) is 0 Å². The largest absolute Gasteiger partial charge is 0.465 e. The Morgan fingerprint density at radius 3 is 2.73 bits per heavy atom. The number of hydrogen-bond donors (Lipinski definition) is 1. The molecule has 0 aliphatic rings. The van der Waals surface area contributed by atoms with Gasteiger partial charge in [-0.1, -0.05) is 30.3 Å². The molecule has 3 rings (SSSR count). The molecular weight excluding hydrogens is 332 g/mol. The number of carbonyl (C=O) groups excluding carboxylic acids is 1. The van der Waals surface area contributed by atoms with Gasteiger partial charge in [0.1, 0.15) is 5.82 Å². The molecule has 0 aliphatic heterocycles. The van der Waals surface area contributed by atoms with Crippen LogP contribution in [0.25, 0.3) is 11.3 Å². The van der Waals surface area contributed by atoms with Crippen molar-refractivity contribution in [2.45, 2.75) is 6.54 Å². The van der Waals surface area contributed by atoms with Crippen LogP contribution in [0.5, 0.6) is 0 Å². The Morgan fingerprint density at radius 1 is 1.19 bits per heavy atom. The minimum Gasteiger partial charge on any atom is -0.465 e. The lowest BCUT2D eigenvalue weighted by atomic mass is 10.1. The van der Waals surface area contributed by atoms with Gasteiger partial charge in [0, 0.05) is 24.9 Å². The third kappa shape index (κ3) is 3.89. The van der Waals surface area contributed by atoms with Crippen molar-refractivity contribution in [3.05, 3.63) is 60.4 Å². The fourth-order valence-corrected chi connectivity index (χ4v) is 2.54. The van der Waals surface area contributed by atoms with Crippen molar-refractivity contribution >= 4 is 17.5 Å². The van der Waals surface area contributed by atoms with Crippen LogP contribution in [-0.2, 0) is 16.0 Å². The maximum atomic E-state index is 12.0. The summed E-state index contributed by atoms with van der Waals surface area (Å²) in [7, 11) is 2.99. The fraction of sp³-hybridized carbons (Fsp3) is 0.211. The SMILES string of the molecule is COCCn1nc(-c2ccccc2)cc1Nc1cnccc1C(=O)OC. The summed E-state index contributed by atoms with van der Waals surface area (Å²) in [5.41, 5.74) is 2.79. The van der Waals surface area contributed by atoms with E-state index in [9.17, 15) is 4.79 Å². The van der Waals surface area contributed by atoms with Gasteiger partial charge in [-0.3, -0.25) is 4.98 Å². The van der Waals surface area contributed by atoms with Crippen molar-refractivity contribution in [3.63, 3.8) is 0 Å². The van der Waals surface area contributed by atoms with E-state index in [1.807, 2.05) is 36.4 Å². The van der Waals surface area contributed by atoms with Crippen LogP contribution in [0.15, 0.2) is 54.9 Å². The topological polar surface area (TPSA) is 78.3 Å². The molecule has 26 heavy (non-hydrogen) atoms. The smallest absolute Gasteiger partial charge is 0.340 e. The summed E-state index contributed by atoms with van der Waals surface area (Å²) in [5.74, 6) is 0.306. The van der Waals surface area contributed by atoms with Crippen LogP contribution in [0.2, 0.25) is 0 Å². The summed E-state index contributed by atoms with van der Waals surface area (Å²) >= 11 is 0. The molecular formula is C19H20N4O3. The highest BCUT2D eigenvalue weighted by atomic mass is 16.5. The Kier molecular flexibility index (Phi) is 5.60. The third-order valence-electron chi connectivity index (χ3n) is 3.85. The van der Waals surface area contributed by atoms with Crippen LogP contribution in [0.3, 0.4) is 0 Å². The Bertz CT molecular complexity index is 878. The number of nitrogens with zero attached hydrogens (tertiary/aromatic N) is 3. The van der Waals surface area contributed by atoms with Crippen LogP contribution < -0.4 is 5.32 Å². The lowest BCUT2D eigenvalue weighted by Crippen LogP contribution is -2.11. The van der Waals surface area contributed by atoms with Gasteiger partial charge in [-0.25, -0.2) is 9.48 Å². The van der Waals surface area contributed by atoms with Gasteiger partial charge in [0.05, 0.1) is 43.4 Å². The molecule has 2 heterocycles. The second-order valence-electron chi connectivity index (χ2n) is 5.53. The van der Waals surface area contributed by atoms with E-state index in [2.05, 4.69) is 15.4 Å². The Labute approximate surface area is 151 Å². The minimum atomic E-state index is -0.430. The Morgan fingerprint density at radius 2 is 2.00 bits per heavy atom. The van der Waals surface area contributed by atoms with Crippen molar-refractivity contribution in [2.75, 3.05) is 26.1 Å². The highest BCUT2D eigenvalue weighted by molar-refractivity contribution is 5.96. The number of anilines is 2. The van der Waals surface area contributed by atoms with E-state index in [0.29, 0.717) is 24.4 Å². The second kappa shape index (κ2) is 8.26. The summed E-state index contributed by atoms with van der Waals surface area (Å²) in [4.78, 5) is 16.1. The van der Waals surface area contributed by atoms with E-state index in [1.165, 1.54) is 7.11 Å². The quantitative estimate of drug-likeness (QED) is 0.658. The predicted octanol–water partition coefficient (Wildman–Crippen LogP) is 3.12. The first-order valence-electron chi connectivity index (χ1n) is 8.14. The molecule has 1 N–H and O–H groups in total.